The second kappa shape index (κ2) is 7.12. The van der Waals surface area contributed by atoms with Crippen LogP contribution in [0.3, 0.4) is 0 Å². The summed E-state index contributed by atoms with van der Waals surface area (Å²) < 4.78 is 0. The summed E-state index contributed by atoms with van der Waals surface area (Å²) in [5.74, 6) is 0.509. The van der Waals surface area contributed by atoms with Crippen LogP contribution in [-0.4, -0.2) is 29.0 Å². The Balaban J connectivity index is 1.81. The van der Waals surface area contributed by atoms with Gasteiger partial charge in [0.25, 0.3) is 5.91 Å². The number of carbonyl (C=O) groups is 2. The van der Waals surface area contributed by atoms with Crippen molar-refractivity contribution in [3.05, 3.63) is 64.2 Å². The maximum absolute atomic E-state index is 13.8. The Labute approximate surface area is 174 Å². The van der Waals surface area contributed by atoms with Crippen molar-refractivity contribution in [3.8, 4) is 0 Å². The first-order valence-electron chi connectivity index (χ1n) is 9.47. The third kappa shape index (κ3) is 2.92. The van der Waals surface area contributed by atoms with E-state index in [2.05, 4.69) is 0 Å². The van der Waals surface area contributed by atoms with Gasteiger partial charge in [0.15, 0.2) is 4.87 Å². The molecule has 1 atom stereocenters. The number of amides is 2. The Morgan fingerprint density at radius 2 is 1.93 bits per heavy atom. The number of rotatable bonds is 3. The highest BCUT2D eigenvalue weighted by Crippen LogP contribution is 2.55. The van der Waals surface area contributed by atoms with E-state index in [0.717, 1.165) is 22.6 Å². The van der Waals surface area contributed by atoms with Gasteiger partial charge in [0.05, 0.1) is 12.2 Å². The first-order chi connectivity index (χ1) is 13.3. The van der Waals surface area contributed by atoms with E-state index >= 15 is 0 Å². The summed E-state index contributed by atoms with van der Waals surface area (Å²) in [6.45, 7) is 6.84. The van der Waals surface area contributed by atoms with Crippen molar-refractivity contribution in [1.29, 1.82) is 0 Å². The number of thioether (sulfide) groups is 1. The van der Waals surface area contributed by atoms with E-state index in [-0.39, 0.29) is 17.7 Å². The quantitative estimate of drug-likeness (QED) is 0.738. The van der Waals surface area contributed by atoms with Crippen LogP contribution in [0, 0.1) is 12.8 Å². The Bertz CT molecular complexity index is 944. The van der Waals surface area contributed by atoms with Crippen molar-refractivity contribution in [2.75, 3.05) is 17.2 Å². The number of benzene rings is 2. The fourth-order valence-electron chi connectivity index (χ4n) is 3.95. The lowest BCUT2D eigenvalue weighted by Crippen LogP contribution is -2.51. The molecule has 2 aliphatic rings. The maximum Gasteiger partial charge on any atom is 0.268 e. The lowest BCUT2D eigenvalue weighted by atomic mass is 10.0. The van der Waals surface area contributed by atoms with Crippen LogP contribution >= 0.6 is 23.4 Å². The van der Waals surface area contributed by atoms with Crippen LogP contribution in [0.5, 0.6) is 0 Å². The minimum absolute atomic E-state index is 0.00135. The van der Waals surface area contributed by atoms with Crippen molar-refractivity contribution in [1.82, 2.24) is 4.90 Å². The highest BCUT2D eigenvalue weighted by Gasteiger charge is 2.59. The van der Waals surface area contributed by atoms with Crippen LogP contribution < -0.4 is 4.90 Å². The number of fused-ring (bicyclic) bond motifs is 2. The van der Waals surface area contributed by atoms with Gasteiger partial charge in [-0.25, -0.2) is 0 Å². The Kier molecular flexibility index (Phi) is 4.92. The first kappa shape index (κ1) is 19.3. The molecule has 1 fully saturated rings. The van der Waals surface area contributed by atoms with E-state index in [4.69, 9.17) is 11.6 Å². The number of aryl methyl sites for hydroxylation is 1. The van der Waals surface area contributed by atoms with E-state index in [9.17, 15) is 9.59 Å². The fraction of sp³-hybridized carbons (Fsp3) is 0.364. The molecule has 146 valence electrons. The van der Waals surface area contributed by atoms with Gasteiger partial charge in [0.1, 0.15) is 0 Å². The number of carbonyl (C=O) groups excluding carboxylic acids is 2. The number of anilines is 1. The molecule has 0 saturated carbocycles. The van der Waals surface area contributed by atoms with Gasteiger partial charge in [-0.15, -0.1) is 11.8 Å². The van der Waals surface area contributed by atoms with Gasteiger partial charge < -0.3 is 9.80 Å². The summed E-state index contributed by atoms with van der Waals surface area (Å²) in [6, 6.07) is 13.7. The first-order valence-corrected chi connectivity index (χ1v) is 10.8. The Morgan fingerprint density at radius 3 is 2.61 bits per heavy atom. The summed E-state index contributed by atoms with van der Waals surface area (Å²) >= 11 is 7.84. The Morgan fingerprint density at radius 1 is 1.21 bits per heavy atom. The molecule has 0 bridgehead atoms. The molecule has 0 N–H and O–H groups in total. The average Bonchev–Trinajstić information content (AvgIpc) is 3.20. The molecule has 0 radical (unpaired) electrons. The SMILES string of the molecule is Cc1ccc(CN2C(=O)C3(SCCN3C(=O)C(C)C)c3cc(Cl)ccc32)cc1. The molecule has 0 aliphatic carbocycles. The van der Waals surface area contributed by atoms with Crippen LogP contribution in [0.4, 0.5) is 5.69 Å². The van der Waals surface area contributed by atoms with Crippen molar-refractivity contribution >= 4 is 40.9 Å². The Hall–Kier alpha value is -1.98. The molecule has 2 heterocycles. The molecule has 28 heavy (non-hydrogen) atoms. The summed E-state index contributed by atoms with van der Waals surface area (Å²) in [4.78, 5) is 29.3. The van der Waals surface area contributed by atoms with E-state index < -0.39 is 4.87 Å². The van der Waals surface area contributed by atoms with Crippen molar-refractivity contribution in [3.63, 3.8) is 0 Å². The zero-order valence-electron chi connectivity index (χ0n) is 16.2. The number of nitrogens with zero attached hydrogens (tertiary/aromatic N) is 2. The molecule has 4 rings (SSSR count). The zero-order chi connectivity index (χ0) is 20.1. The molecule has 2 amide bonds. The molecular weight excluding hydrogens is 392 g/mol. The van der Waals surface area contributed by atoms with Crippen molar-refractivity contribution in [2.24, 2.45) is 5.92 Å². The predicted molar refractivity (Wildman–Crippen MR) is 115 cm³/mol. The smallest absolute Gasteiger partial charge is 0.268 e. The highest BCUT2D eigenvalue weighted by atomic mass is 35.5. The number of hydrogen-bond donors (Lipinski definition) is 0. The summed E-state index contributed by atoms with van der Waals surface area (Å²) in [6.07, 6.45) is 0. The third-order valence-electron chi connectivity index (χ3n) is 5.38. The molecule has 0 aromatic heterocycles. The largest absolute Gasteiger partial charge is 0.315 e. The van der Waals surface area contributed by atoms with Crippen LogP contribution in [-0.2, 0) is 21.0 Å². The molecular formula is C22H23ClN2O2S. The molecule has 2 aromatic rings. The zero-order valence-corrected chi connectivity index (χ0v) is 17.8. The molecule has 4 nitrogen and oxygen atoms in total. The van der Waals surface area contributed by atoms with Crippen molar-refractivity contribution < 1.29 is 9.59 Å². The van der Waals surface area contributed by atoms with Gasteiger partial charge in [-0.05, 0) is 30.7 Å². The third-order valence-corrected chi connectivity index (χ3v) is 7.03. The highest BCUT2D eigenvalue weighted by molar-refractivity contribution is 8.01. The number of halogens is 1. The van der Waals surface area contributed by atoms with Gasteiger partial charge in [-0.2, -0.15) is 0 Å². The summed E-state index contributed by atoms with van der Waals surface area (Å²) in [5, 5.41) is 0.576. The van der Waals surface area contributed by atoms with E-state index in [1.54, 1.807) is 9.80 Å². The van der Waals surface area contributed by atoms with Gasteiger partial charge in [0, 0.05) is 28.8 Å². The number of hydrogen-bond acceptors (Lipinski definition) is 3. The van der Waals surface area contributed by atoms with Crippen LogP contribution in [0.1, 0.15) is 30.5 Å². The van der Waals surface area contributed by atoms with E-state index in [1.807, 2.05) is 63.2 Å². The summed E-state index contributed by atoms with van der Waals surface area (Å²) in [7, 11) is 0. The van der Waals surface area contributed by atoms with Crippen LogP contribution in [0.25, 0.3) is 0 Å². The summed E-state index contributed by atoms with van der Waals surface area (Å²) in [5.41, 5.74) is 3.90. The van der Waals surface area contributed by atoms with Gasteiger partial charge in [-0.3, -0.25) is 9.59 Å². The van der Waals surface area contributed by atoms with Crippen LogP contribution in [0.15, 0.2) is 42.5 Å². The lowest BCUT2D eigenvalue weighted by molar-refractivity contribution is -0.142. The van der Waals surface area contributed by atoms with Crippen LogP contribution in [0.2, 0.25) is 5.02 Å². The second-order valence-corrected chi connectivity index (χ2v) is 9.40. The molecule has 2 aliphatic heterocycles. The molecule has 2 aromatic carbocycles. The minimum atomic E-state index is -1.01. The minimum Gasteiger partial charge on any atom is -0.315 e. The predicted octanol–water partition coefficient (Wildman–Crippen LogP) is 4.58. The average molecular weight is 415 g/mol. The standard InChI is InChI=1S/C22H23ClN2O2S/c1-14(2)20(26)25-10-11-28-22(25)18-12-17(23)8-9-19(18)24(21(22)27)13-16-6-4-15(3)5-7-16/h4-9,12,14H,10-11,13H2,1-3H3. The molecule has 1 saturated heterocycles. The van der Waals surface area contributed by atoms with Gasteiger partial charge in [0.2, 0.25) is 5.91 Å². The van der Waals surface area contributed by atoms with E-state index in [1.165, 1.54) is 17.3 Å². The van der Waals surface area contributed by atoms with Gasteiger partial charge in [-0.1, -0.05) is 55.3 Å². The molecule has 6 heteroatoms. The second-order valence-electron chi connectivity index (χ2n) is 7.68. The van der Waals surface area contributed by atoms with E-state index in [0.29, 0.717) is 18.1 Å². The normalized spacial score (nSPS) is 21.1. The fourth-order valence-corrected chi connectivity index (χ4v) is 5.58. The van der Waals surface area contributed by atoms with Crippen molar-refractivity contribution in [2.45, 2.75) is 32.2 Å². The molecule has 1 unspecified atom stereocenters. The maximum atomic E-state index is 13.8. The monoisotopic (exact) mass is 414 g/mol. The lowest BCUT2D eigenvalue weighted by Gasteiger charge is -2.34. The molecule has 1 spiro atoms. The topological polar surface area (TPSA) is 40.6 Å². The van der Waals surface area contributed by atoms with Gasteiger partial charge >= 0.3 is 0 Å².